The third-order valence-electron chi connectivity index (χ3n) is 6.03. The molecule has 2 aromatic rings. The number of carbonyl (C=O) groups is 2. The van der Waals surface area contributed by atoms with E-state index in [4.69, 9.17) is 0 Å². The molecule has 2 heterocycles. The second kappa shape index (κ2) is 9.69. The maximum atomic E-state index is 14.1. The van der Waals surface area contributed by atoms with Crippen LogP contribution in [0.15, 0.2) is 18.2 Å². The monoisotopic (exact) mass is 440 g/mol. The number of nitrogens with zero attached hydrogens (tertiary/aromatic N) is 3. The van der Waals surface area contributed by atoms with Gasteiger partial charge in [-0.25, -0.2) is 4.39 Å². The van der Waals surface area contributed by atoms with E-state index in [-0.39, 0.29) is 17.6 Å². The lowest BCUT2D eigenvalue weighted by atomic mass is 10.0. The van der Waals surface area contributed by atoms with E-state index >= 15 is 0 Å². The number of hydrogen-bond donors (Lipinski definition) is 1. The van der Waals surface area contributed by atoms with Crippen molar-refractivity contribution >= 4 is 29.2 Å². The number of hydrogen-bond acceptors (Lipinski definition) is 3. The van der Waals surface area contributed by atoms with Gasteiger partial charge in [0.05, 0.1) is 16.8 Å². The van der Waals surface area contributed by atoms with Gasteiger partial charge < -0.3 is 19.7 Å². The number of aryl methyl sites for hydroxylation is 1. The second-order valence-corrected chi connectivity index (χ2v) is 8.47. The van der Waals surface area contributed by atoms with E-state index in [0.29, 0.717) is 42.0 Å². The minimum Gasteiger partial charge on any atom is -0.358 e. The van der Waals surface area contributed by atoms with Crippen LogP contribution in [0.5, 0.6) is 0 Å². The van der Waals surface area contributed by atoms with Gasteiger partial charge in [0.1, 0.15) is 5.82 Å². The highest BCUT2D eigenvalue weighted by atomic mass is 19.1. The zero-order valence-corrected chi connectivity index (χ0v) is 19.9. The number of amides is 2. The Morgan fingerprint density at radius 3 is 2.50 bits per heavy atom. The van der Waals surface area contributed by atoms with Gasteiger partial charge >= 0.3 is 0 Å². The fraction of sp³-hybridized carbons (Fsp3) is 0.440. The first kappa shape index (κ1) is 23.7. The average Bonchev–Trinajstić information content (AvgIpc) is 3.16. The third-order valence-corrected chi connectivity index (χ3v) is 6.03. The Morgan fingerprint density at radius 1 is 1.19 bits per heavy atom. The van der Waals surface area contributed by atoms with Crippen molar-refractivity contribution in [2.75, 3.05) is 45.2 Å². The largest absolute Gasteiger partial charge is 0.358 e. The Morgan fingerprint density at radius 2 is 1.88 bits per heavy atom. The number of carbonyl (C=O) groups excluding carboxylic acids is 2. The van der Waals surface area contributed by atoms with Crippen molar-refractivity contribution in [1.29, 1.82) is 0 Å². The molecule has 1 aliphatic heterocycles. The van der Waals surface area contributed by atoms with Crippen LogP contribution in [-0.2, 0) is 4.79 Å². The van der Waals surface area contributed by atoms with Gasteiger partial charge in [0, 0.05) is 36.6 Å². The molecule has 2 amide bonds. The molecule has 0 atom stereocenters. The van der Waals surface area contributed by atoms with E-state index < -0.39 is 0 Å². The quantitative estimate of drug-likeness (QED) is 0.629. The van der Waals surface area contributed by atoms with Gasteiger partial charge in [-0.2, -0.15) is 0 Å². The number of aromatic nitrogens is 1. The Balaban J connectivity index is 2.02. The van der Waals surface area contributed by atoms with Crippen LogP contribution in [0.3, 0.4) is 0 Å². The van der Waals surface area contributed by atoms with E-state index in [1.165, 1.54) is 12.1 Å². The molecule has 6 nitrogen and oxygen atoms in total. The van der Waals surface area contributed by atoms with Crippen molar-refractivity contribution < 1.29 is 14.0 Å². The van der Waals surface area contributed by atoms with Crippen molar-refractivity contribution in [3.8, 4) is 0 Å². The number of fused-ring (bicyclic) bond motifs is 1. The molecule has 172 valence electrons. The summed E-state index contributed by atoms with van der Waals surface area (Å²) in [6, 6.07) is 4.47. The summed E-state index contributed by atoms with van der Waals surface area (Å²) in [6.45, 7) is 10.3. The van der Waals surface area contributed by atoms with Crippen LogP contribution >= 0.6 is 0 Å². The van der Waals surface area contributed by atoms with Gasteiger partial charge in [0.2, 0.25) is 0 Å². The fourth-order valence-electron chi connectivity index (χ4n) is 4.29. The summed E-state index contributed by atoms with van der Waals surface area (Å²) in [5.41, 5.74) is 4.64. The van der Waals surface area contributed by atoms with Gasteiger partial charge in [-0.05, 0) is 84.6 Å². The highest BCUT2D eigenvalue weighted by Gasteiger charge is 2.33. The molecule has 0 fully saturated rings. The molecule has 7 heteroatoms. The number of H-pyrrole nitrogens is 1. The molecular weight excluding hydrogens is 407 g/mol. The summed E-state index contributed by atoms with van der Waals surface area (Å²) < 4.78 is 14.1. The van der Waals surface area contributed by atoms with Crippen molar-refractivity contribution in [2.24, 2.45) is 0 Å². The molecule has 0 unspecified atom stereocenters. The molecule has 1 aromatic carbocycles. The Labute approximate surface area is 189 Å². The number of benzene rings is 1. The van der Waals surface area contributed by atoms with Crippen LogP contribution < -0.4 is 4.90 Å². The Kier molecular flexibility index (Phi) is 7.19. The lowest BCUT2D eigenvalue weighted by molar-refractivity contribution is -0.113. The Bertz CT molecular complexity index is 1050. The maximum Gasteiger partial charge on any atom is 0.259 e. The average molecular weight is 441 g/mol. The summed E-state index contributed by atoms with van der Waals surface area (Å²) in [4.78, 5) is 35.1. The smallest absolute Gasteiger partial charge is 0.259 e. The molecule has 0 aliphatic carbocycles. The highest BCUT2D eigenvalue weighted by molar-refractivity contribution is 6.35. The molecule has 0 spiro atoms. The standard InChI is InChI=1S/C25H33FN4O2/c1-7-29(8-2)25(32)23-16(3)21(27-17(23)4)15-20-19-14-18(26)10-11-22(19)30(24(20)31)13-9-12-28(5)6/h10-11,14-15,27H,7-9,12-13H2,1-6H3/b20-15-. The number of anilines is 1. The van der Waals surface area contributed by atoms with E-state index in [0.717, 1.165) is 29.9 Å². The first-order valence-electron chi connectivity index (χ1n) is 11.2. The van der Waals surface area contributed by atoms with Crippen LogP contribution in [0, 0.1) is 19.7 Å². The first-order valence-corrected chi connectivity index (χ1v) is 11.2. The van der Waals surface area contributed by atoms with Gasteiger partial charge in [-0.15, -0.1) is 0 Å². The number of nitrogens with one attached hydrogen (secondary N) is 1. The normalized spacial score (nSPS) is 14.6. The summed E-state index contributed by atoms with van der Waals surface area (Å²) in [7, 11) is 3.99. The first-order chi connectivity index (χ1) is 15.2. The van der Waals surface area contributed by atoms with E-state index in [1.807, 2.05) is 41.8 Å². The molecule has 0 saturated carbocycles. The van der Waals surface area contributed by atoms with Gasteiger partial charge in [0.25, 0.3) is 11.8 Å². The predicted molar refractivity (Wildman–Crippen MR) is 127 cm³/mol. The molecule has 0 bridgehead atoms. The van der Waals surface area contributed by atoms with E-state index in [1.54, 1.807) is 21.9 Å². The van der Waals surface area contributed by atoms with E-state index in [9.17, 15) is 14.0 Å². The summed E-state index contributed by atoms with van der Waals surface area (Å²) in [6.07, 6.45) is 2.57. The molecule has 32 heavy (non-hydrogen) atoms. The number of rotatable bonds is 8. The molecular formula is C25H33FN4O2. The molecule has 1 aromatic heterocycles. The van der Waals surface area contributed by atoms with Crippen molar-refractivity contribution in [3.63, 3.8) is 0 Å². The minimum atomic E-state index is -0.380. The van der Waals surface area contributed by atoms with Gasteiger partial charge in [-0.3, -0.25) is 9.59 Å². The molecule has 0 radical (unpaired) electrons. The van der Waals surface area contributed by atoms with Crippen LogP contribution in [-0.4, -0.2) is 66.9 Å². The summed E-state index contributed by atoms with van der Waals surface area (Å²) in [5.74, 6) is -0.553. The molecule has 3 rings (SSSR count). The summed E-state index contributed by atoms with van der Waals surface area (Å²) >= 11 is 0. The second-order valence-electron chi connectivity index (χ2n) is 8.47. The van der Waals surface area contributed by atoms with Crippen LogP contribution in [0.4, 0.5) is 10.1 Å². The van der Waals surface area contributed by atoms with Crippen LogP contribution in [0.2, 0.25) is 0 Å². The van der Waals surface area contributed by atoms with Gasteiger partial charge in [-0.1, -0.05) is 0 Å². The van der Waals surface area contributed by atoms with E-state index in [2.05, 4.69) is 9.88 Å². The summed E-state index contributed by atoms with van der Waals surface area (Å²) in [5, 5.41) is 0. The molecule has 0 saturated heterocycles. The minimum absolute atomic E-state index is 0.0274. The zero-order valence-electron chi connectivity index (χ0n) is 19.9. The lowest BCUT2D eigenvalue weighted by Gasteiger charge is -2.19. The van der Waals surface area contributed by atoms with Gasteiger partial charge in [0.15, 0.2) is 0 Å². The molecule has 1 aliphatic rings. The Hall–Kier alpha value is -2.93. The molecule has 1 N–H and O–H groups in total. The maximum absolute atomic E-state index is 14.1. The number of halogens is 1. The van der Waals surface area contributed by atoms with Crippen LogP contribution in [0.1, 0.15) is 53.1 Å². The zero-order chi connectivity index (χ0) is 23.6. The SMILES string of the molecule is CCN(CC)C(=O)c1c(C)[nH]c(/C=C2\C(=O)N(CCCN(C)C)c3ccc(F)cc32)c1C. The van der Waals surface area contributed by atoms with Crippen molar-refractivity contribution in [2.45, 2.75) is 34.1 Å². The van der Waals surface area contributed by atoms with Crippen LogP contribution in [0.25, 0.3) is 11.6 Å². The highest BCUT2D eigenvalue weighted by Crippen LogP contribution is 2.39. The topological polar surface area (TPSA) is 59.7 Å². The van der Waals surface area contributed by atoms with Crippen molar-refractivity contribution in [3.05, 3.63) is 52.1 Å². The van der Waals surface area contributed by atoms with Crippen molar-refractivity contribution in [1.82, 2.24) is 14.8 Å². The predicted octanol–water partition coefficient (Wildman–Crippen LogP) is 4.09. The fourth-order valence-corrected chi connectivity index (χ4v) is 4.29. The third kappa shape index (κ3) is 4.48. The number of aromatic amines is 1. The lowest BCUT2D eigenvalue weighted by Crippen LogP contribution is -2.31.